The van der Waals surface area contributed by atoms with Crippen LogP contribution in [0.1, 0.15) is 29.7 Å². The van der Waals surface area contributed by atoms with E-state index in [9.17, 15) is 14.7 Å². The molecule has 39 heavy (non-hydrogen) atoms. The number of ether oxygens (including phenoxy) is 4. The van der Waals surface area contributed by atoms with E-state index in [1.54, 1.807) is 36.4 Å². The highest BCUT2D eigenvalue weighted by molar-refractivity contribution is 6.52. The van der Waals surface area contributed by atoms with E-state index in [0.29, 0.717) is 29.4 Å². The first kappa shape index (κ1) is 28.1. The highest BCUT2D eigenvalue weighted by atomic mass is 35.5. The Kier molecular flexibility index (Phi) is 8.28. The van der Waals surface area contributed by atoms with E-state index in [1.165, 1.54) is 32.3 Å². The van der Waals surface area contributed by atoms with Crippen molar-refractivity contribution in [3.8, 4) is 23.0 Å². The largest absolute Gasteiger partial charge is 0.507 e. The van der Waals surface area contributed by atoms with Gasteiger partial charge in [-0.3, -0.25) is 14.5 Å². The molecule has 3 aromatic rings. The van der Waals surface area contributed by atoms with Crippen molar-refractivity contribution in [3.63, 3.8) is 0 Å². The number of aliphatic hydroxyl groups excluding tert-OH is 1. The third-order valence-corrected chi connectivity index (χ3v) is 6.95. The molecule has 1 unspecified atom stereocenters. The number of Topliss-reactive ketones (excluding diaryl/α,β-unsaturated/α-hetero) is 1. The van der Waals surface area contributed by atoms with Crippen LogP contribution in [-0.2, 0) is 9.59 Å². The first-order valence-electron chi connectivity index (χ1n) is 12.0. The summed E-state index contributed by atoms with van der Waals surface area (Å²) in [5, 5.41) is 11.7. The van der Waals surface area contributed by atoms with E-state index in [-0.39, 0.29) is 32.7 Å². The SMILES string of the molecule is CCOc1cc(C2/C(=C(\O)c3cc(Cl)c(OC)c(Cl)c3OC)C(=O)C(=O)N2c2cccc(C)c2)ccc1OC. The summed E-state index contributed by atoms with van der Waals surface area (Å²) in [6.45, 7) is 4.06. The zero-order valence-electron chi connectivity index (χ0n) is 22.0. The predicted octanol–water partition coefficient (Wildman–Crippen LogP) is 6.35. The van der Waals surface area contributed by atoms with Crippen LogP contribution in [0.15, 0.2) is 54.1 Å². The van der Waals surface area contributed by atoms with Gasteiger partial charge in [-0.25, -0.2) is 0 Å². The van der Waals surface area contributed by atoms with Gasteiger partial charge in [0.05, 0.1) is 50.1 Å². The van der Waals surface area contributed by atoms with E-state index in [1.807, 2.05) is 19.9 Å². The number of benzene rings is 3. The van der Waals surface area contributed by atoms with E-state index in [0.717, 1.165) is 5.56 Å². The predicted molar refractivity (Wildman–Crippen MR) is 150 cm³/mol. The lowest BCUT2D eigenvalue weighted by Gasteiger charge is -2.26. The van der Waals surface area contributed by atoms with Gasteiger partial charge >= 0.3 is 0 Å². The summed E-state index contributed by atoms with van der Waals surface area (Å²) < 4.78 is 21.9. The fourth-order valence-electron chi connectivity index (χ4n) is 4.62. The zero-order chi connectivity index (χ0) is 28.4. The van der Waals surface area contributed by atoms with Crippen LogP contribution in [0.4, 0.5) is 5.69 Å². The van der Waals surface area contributed by atoms with Gasteiger partial charge < -0.3 is 24.1 Å². The Morgan fingerprint density at radius 1 is 0.949 bits per heavy atom. The van der Waals surface area contributed by atoms with Gasteiger partial charge in [0.15, 0.2) is 23.0 Å². The average molecular weight is 572 g/mol. The molecular formula is C29H27Cl2NO7. The van der Waals surface area contributed by atoms with E-state index in [2.05, 4.69) is 0 Å². The number of rotatable bonds is 8. The maximum Gasteiger partial charge on any atom is 0.300 e. The molecule has 3 aromatic carbocycles. The molecule has 0 aliphatic carbocycles. The van der Waals surface area contributed by atoms with Crippen molar-refractivity contribution in [2.45, 2.75) is 19.9 Å². The molecule has 1 atom stereocenters. The number of nitrogens with zero attached hydrogens (tertiary/aromatic N) is 1. The van der Waals surface area contributed by atoms with Gasteiger partial charge in [0, 0.05) is 5.69 Å². The normalized spacial score (nSPS) is 16.4. The number of methoxy groups -OCH3 is 3. The second-order valence-electron chi connectivity index (χ2n) is 8.64. The molecule has 0 radical (unpaired) electrons. The highest BCUT2D eigenvalue weighted by Gasteiger charge is 2.47. The molecule has 0 saturated carbocycles. The monoisotopic (exact) mass is 571 g/mol. The van der Waals surface area contributed by atoms with Crippen molar-refractivity contribution in [3.05, 3.63) is 80.8 Å². The molecule has 4 rings (SSSR count). The van der Waals surface area contributed by atoms with Gasteiger partial charge in [-0.2, -0.15) is 0 Å². The first-order chi connectivity index (χ1) is 18.7. The average Bonchev–Trinajstić information content (AvgIpc) is 3.18. The van der Waals surface area contributed by atoms with Crippen LogP contribution in [0.2, 0.25) is 10.0 Å². The van der Waals surface area contributed by atoms with Crippen molar-refractivity contribution < 1.29 is 33.6 Å². The van der Waals surface area contributed by atoms with Crippen LogP contribution in [0.5, 0.6) is 23.0 Å². The molecule has 0 spiro atoms. The second-order valence-corrected chi connectivity index (χ2v) is 9.42. The number of aliphatic hydroxyl groups is 1. The van der Waals surface area contributed by atoms with Gasteiger partial charge in [-0.15, -0.1) is 0 Å². The molecule has 0 bridgehead atoms. The van der Waals surface area contributed by atoms with Crippen LogP contribution in [0, 0.1) is 6.92 Å². The number of amides is 1. The van der Waals surface area contributed by atoms with Crippen LogP contribution < -0.4 is 23.8 Å². The van der Waals surface area contributed by atoms with Gasteiger partial charge in [0.1, 0.15) is 10.8 Å². The lowest BCUT2D eigenvalue weighted by molar-refractivity contribution is -0.132. The van der Waals surface area contributed by atoms with Crippen molar-refractivity contribution in [1.82, 2.24) is 0 Å². The molecule has 1 aliphatic rings. The lowest BCUT2D eigenvalue weighted by atomic mass is 9.94. The summed E-state index contributed by atoms with van der Waals surface area (Å²) in [6, 6.07) is 12.6. The Morgan fingerprint density at radius 3 is 2.28 bits per heavy atom. The molecule has 1 saturated heterocycles. The molecule has 1 amide bonds. The fraction of sp³-hybridized carbons (Fsp3) is 0.241. The quantitative estimate of drug-likeness (QED) is 0.191. The van der Waals surface area contributed by atoms with Crippen molar-refractivity contribution in [2.75, 3.05) is 32.8 Å². The van der Waals surface area contributed by atoms with Crippen molar-refractivity contribution in [1.29, 1.82) is 0 Å². The summed E-state index contributed by atoms with van der Waals surface area (Å²) in [6.07, 6.45) is 0. The number of aryl methyl sites for hydroxylation is 1. The minimum absolute atomic E-state index is 0.00147. The molecule has 10 heteroatoms. The van der Waals surface area contributed by atoms with Crippen LogP contribution in [0.25, 0.3) is 5.76 Å². The first-order valence-corrected chi connectivity index (χ1v) is 12.7. The Bertz CT molecular complexity index is 1480. The molecule has 8 nitrogen and oxygen atoms in total. The number of carbonyl (C=O) groups is 2. The molecule has 0 aromatic heterocycles. The second kappa shape index (κ2) is 11.5. The van der Waals surface area contributed by atoms with E-state index >= 15 is 0 Å². The number of anilines is 1. The van der Waals surface area contributed by atoms with Crippen molar-refractivity contribution >= 4 is 46.3 Å². The number of halogens is 2. The van der Waals surface area contributed by atoms with Crippen molar-refractivity contribution in [2.24, 2.45) is 0 Å². The molecule has 204 valence electrons. The zero-order valence-corrected chi connectivity index (χ0v) is 23.5. The number of hydrogen-bond donors (Lipinski definition) is 1. The van der Waals surface area contributed by atoms with Crippen LogP contribution >= 0.6 is 23.2 Å². The Hall–Kier alpha value is -3.88. The Balaban J connectivity index is 2.04. The number of carbonyl (C=O) groups excluding carboxylic acids is 2. The minimum atomic E-state index is -1.03. The maximum atomic E-state index is 13.6. The fourth-order valence-corrected chi connectivity index (χ4v) is 5.30. The molecule has 1 fully saturated rings. The number of ketones is 1. The Labute approximate surface area is 236 Å². The van der Waals surface area contributed by atoms with Gasteiger partial charge in [-0.05, 0) is 55.3 Å². The lowest BCUT2D eigenvalue weighted by Crippen LogP contribution is -2.29. The van der Waals surface area contributed by atoms with Crippen LogP contribution in [0.3, 0.4) is 0 Å². The Morgan fingerprint density at radius 2 is 1.67 bits per heavy atom. The van der Waals surface area contributed by atoms with Crippen LogP contribution in [-0.4, -0.2) is 44.7 Å². The molecule has 1 heterocycles. The summed E-state index contributed by atoms with van der Waals surface area (Å²) in [7, 11) is 4.25. The third-order valence-electron chi connectivity index (χ3n) is 6.32. The third kappa shape index (κ3) is 4.97. The molecule has 1 aliphatic heterocycles. The maximum absolute atomic E-state index is 13.6. The minimum Gasteiger partial charge on any atom is -0.507 e. The van der Waals surface area contributed by atoms with Gasteiger partial charge in [-0.1, -0.05) is 41.4 Å². The molecular weight excluding hydrogens is 545 g/mol. The summed E-state index contributed by atoms with van der Waals surface area (Å²) in [5.41, 5.74) is 1.72. The highest BCUT2D eigenvalue weighted by Crippen LogP contribution is 2.48. The van der Waals surface area contributed by atoms with Gasteiger partial charge in [0.2, 0.25) is 0 Å². The van der Waals surface area contributed by atoms with E-state index < -0.39 is 23.5 Å². The summed E-state index contributed by atoms with van der Waals surface area (Å²) in [5.74, 6) is -1.15. The van der Waals surface area contributed by atoms with Gasteiger partial charge in [0.25, 0.3) is 11.7 Å². The number of hydrogen-bond acceptors (Lipinski definition) is 7. The summed E-state index contributed by atoms with van der Waals surface area (Å²) >= 11 is 12.8. The summed E-state index contributed by atoms with van der Waals surface area (Å²) in [4.78, 5) is 28.5. The standard InChI is InChI=1S/C29H27Cl2NO7/c1-6-39-21-13-16(10-11-20(21)36-3)24-22(26(34)29(35)32(24)17-9-7-8-15(2)12-17)25(33)18-14-19(30)28(38-5)23(31)27(18)37-4/h7-14,24,33H,6H2,1-5H3/b25-22+. The smallest absolute Gasteiger partial charge is 0.300 e. The topological polar surface area (TPSA) is 94.5 Å². The van der Waals surface area contributed by atoms with E-state index in [4.69, 9.17) is 42.1 Å². The molecule has 1 N–H and O–H groups in total.